The van der Waals surface area contributed by atoms with Crippen molar-refractivity contribution in [3.63, 3.8) is 0 Å². The van der Waals surface area contributed by atoms with Gasteiger partial charge >= 0.3 is 0 Å². The number of hydrogen-bond acceptors (Lipinski definition) is 2. The molecule has 0 heterocycles. The fourth-order valence-corrected chi connectivity index (χ4v) is 2.76. The van der Waals surface area contributed by atoms with E-state index in [4.69, 9.17) is 5.73 Å². The Balaban J connectivity index is 0.00000225. The quantitative estimate of drug-likeness (QED) is 0.826. The zero-order valence-corrected chi connectivity index (χ0v) is 13.2. The topological polar surface area (TPSA) is 46.2 Å². The minimum atomic E-state index is -0.126. The molecule has 0 radical (unpaired) electrons. The first-order valence-electron chi connectivity index (χ1n) is 4.85. The Labute approximate surface area is 119 Å². The molecule has 1 aromatic carbocycles. The lowest BCUT2D eigenvalue weighted by molar-refractivity contribution is 0.442. The minimum absolute atomic E-state index is 0. The monoisotopic (exact) mass is 371 g/mol. The van der Waals surface area contributed by atoms with Crippen molar-refractivity contribution in [2.75, 3.05) is 0 Å². The van der Waals surface area contributed by atoms with Crippen molar-refractivity contribution < 1.29 is 5.11 Å². The van der Waals surface area contributed by atoms with Crippen molar-refractivity contribution in [2.24, 2.45) is 11.7 Å². The van der Waals surface area contributed by atoms with E-state index in [-0.39, 0.29) is 24.2 Å². The van der Waals surface area contributed by atoms with Crippen LogP contribution < -0.4 is 5.73 Å². The molecule has 0 aliphatic carbocycles. The van der Waals surface area contributed by atoms with E-state index in [1.54, 1.807) is 6.07 Å². The van der Waals surface area contributed by atoms with Gasteiger partial charge in [0.05, 0.1) is 4.47 Å². The third kappa shape index (κ3) is 4.24. The molecule has 0 spiro atoms. The maximum Gasteiger partial charge on any atom is 0.134 e. The van der Waals surface area contributed by atoms with Crippen molar-refractivity contribution >= 4 is 44.3 Å². The second kappa shape index (κ2) is 6.84. The lowest BCUT2D eigenvalue weighted by Crippen LogP contribution is -2.13. The Morgan fingerprint density at radius 2 is 1.88 bits per heavy atom. The van der Waals surface area contributed by atoms with Crippen LogP contribution in [0.15, 0.2) is 21.1 Å². The molecule has 92 valence electrons. The standard InChI is InChI=1S/C11H15Br2NO.ClH/c1-6(2)3-10(14)8-4-7(12)5-9(13)11(8)15;/h4-6,10,15H,3,14H2,1-2H3;1H/t10-;/m0./s1. The Morgan fingerprint density at radius 3 is 2.38 bits per heavy atom. The van der Waals surface area contributed by atoms with Crippen LogP contribution in [0.1, 0.15) is 31.9 Å². The van der Waals surface area contributed by atoms with Crippen LogP contribution in [0.5, 0.6) is 5.75 Å². The van der Waals surface area contributed by atoms with Crippen LogP contribution in [0.3, 0.4) is 0 Å². The van der Waals surface area contributed by atoms with Crippen LogP contribution >= 0.6 is 44.3 Å². The molecule has 0 aromatic heterocycles. The highest BCUT2D eigenvalue weighted by Crippen LogP contribution is 2.36. The van der Waals surface area contributed by atoms with E-state index < -0.39 is 0 Å². The smallest absolute Gasteiger partial charge is 0.134 e. The second-order valence-corrected chi connectivity index (χ2v) is 5.83. The average molecular weight is 374 g/mol. The predicted molar refractivity (Wildman–Crippen MR) is 77.1 cm³/mol. The van der Waals surface area contributed by atoms with E-state index in [9.17, 15) is 5.11 Å². The van der Waals surface area contributed by atoms with Gasteiger partial charge in [-0.05, 0) is 40.4 Å². The Kier molecular flexibility index (Phi) is 6.94. The van der Waals surface area contributed by atoms with Gasteiger partial charge < -0.3 is 10.8 Å². The molecule has 0 amide bonds. The van der Waals surface area contributed by atoms with Crippen molar-refractivity contribution in [2.45, 2.75) is 26.3 Å². The first-order valence-corrected chi connectivity index (χ1v) is 6.44. The van der Waals surface area contributed by atoms with Crippen molar-refractivity contribution in [3.05, 3.63) is 26.6 Å². The number of phenols is 1. The molecule has 16 heavy (non-hydrogen) atoms. The summed E-state index contributed by atoms with van der Waals surface area (Å²) in [5, 5.41) is 9.86. The van der Waals surface area contributed by atoms with E-state index >= 15 is 0 Å². The molecule has 1 rings (SSSR count). The van der Waals surface area contributed by atoms with Crippen LogP contribution in [0, 0.1) is 5.92 Å². The van der Waals surface area contributed by atoms with Gasteiger partial charge in [0.15, 0.2) is 0 Å². The second-order valence-electron chi connectivity index (χ2n) is 4.06. The summed E-state index contributed by atoms with van der Waals surface area (Å²) >= 11 is 6.68. The Morgan fingerprint density at radius 1 is 1.31 bits per heavy atom. The van der Waals surface area contributed by atoms with Gasteiger partial charge in [0, 0.05) is 16.1 Å². The maximum atomic E-state index is 9.86. The first kappa shape index (κ1) is 16.2. The van der Waals surface area contributed by atoms with E-state index in [0.717, 1.165) is 16.5 Å². The molecule has 0 unspecified atom stereocenters. The number of nitrogens with two attached hydrogens (primary N) is 1. The lowest BCUT2D eigenvalue weighted by atomic mass is 9.97. The molecule has 0 fully saturated rings. The molecule has 3 N–H and O–H groups in total. The van der Waals surface area contributed by atoms with Crippen LogP contribution in [0.2, 0.25) is 0 Å². The number of hydrogen-bond donors (Lipinski definition) is 2. The number of benzene rings is 1. The SMILES string of the molecule is CC(C)C[C@H](N)c1cc(Br)cc(Br)c1O.Cl. The summed E-state index contributed by atoms with van der Waals surface area (Å²) in [6, 6.07) is 3.55. The van der Waals surface area contributed by atoms with Crippen molar-refractivity contribution in [1.29, 1.82) is 0 Å². The van der Waals surface area contributed by atoms with Gasteiger partial charge in [-0.25, -0.2) is 0 Å². The molecular weight excluding hydrogens is 357 g/mol. The highest BCUT2D eigenvalue weighted by atomic mass is 79.9. The Bertz CT molecular complexity index is 358. The van der Waals surface area contributed by atoms with Gasteiger partial charge in [0.25, 0.3) is 0 Å². The number of halogens is 3. The summed E-state index contributed by atoms with van der Waals surface area (Å²) in [4.78, 5) is 0. The van der Waals surface area contributed by atoms with Gasteiger partial charge in [-0.1, -0.05) is 29.8 Å². The summed E-state index contributed by atoms with van der Waals surface area (Å²) in [5.74, 6) is 0.753. The van der Waals surface area contributed by atoms with Gasteiger partial charge in [0.1, 0.15) is 5.75 Å². The molecule has 0 bridgehead atoms. The normalized spacial score (nSPS) is 12.4. The summed E-state index contributed by atoms with van der Waals surface area (Å²) < 4.78 is 1.59. The van der Waals surface area contributed by atoms with Crippen molar-refractivity contribution in [1.82, 2.24) is 0 Å². The third-order valence-electron chi connectivity index (χ3n) is 2.18. The molecule has 0 saturated heterocycles. The predicted octanol–water partition coefficient (Wildman–Crippen LogP) is 4.38. The van der Waals surface area contributed by atoms with E-state index in [1.165, 1.54) is 0 Å². The van der Waals surface area contributed by atoms with E-state index in [1.807, 2.05) is 6.07 Å². The van der Waals surface area contributed by atoms with Gasteiger partial charge in [-0.3, -0.25) is 0 Å². The van der Waals surface area contributed by atoms with Crippen LogP contribution in [0.4, 0.5) is 0 Å². The summed E-state index contributed by atoms with van der Waals surface area (Å²) in [7, 11) is 0. The van der Waals surface area contributed by atoms with E-state index in [0.29, 0.717) is 10.4 Å². The number of rotatable bonds is 3. The average Bonchev–Trinajstić information content (AvgIpc) is 2.09. The molecule has 1 atom stereocenters. The van der Waals surface area contributed by atoms with Crippen molar-refractivity contribution in [3.8, 4) is 5.75 Å². The zero-order chi connectivity index (χ0) is 11.6. The summed E-state index contributed by atoms with van der Waals surface area (Å²) in [6.07, 6.45) is 0.858. The lowest BCUT2D eigenvalue weighted by Gasteiger charge is -2.17. The van der Waals surface area contributed by atoms with E-state index in [2.05, 4.69) is 45.7 Å². The van der Waals surface area contributed by atoms with Crippen LogP contribution in [-0.4, -0.2) is 5.11 Å². The number of phenolic OH excluding ortho intramolecular Hbond substituents is 1. The fourth-order valence-electron chi connectivity index (χ4n) is 1.50. The molecular formula is C11H16Br2ClNO. The zero-order valence-electron chi connectivity index (χ0n) is 9.21. The van der Waals surface area contributed by atoms with Gasteiger partial charge in [0.2, 0.25) is 0 Å². The highest BCUT2D eigenvalue weighted by molar-refractivity contribution is 9.11. The van der Waals surface area contributed by atoms with Gasteiger partial charge in [-0.15, -0.1) is 12.4 Å². The summed E-state index contributed by atoms with van der Waals surface area (Å²) in [6.45, 7) is 4.23. The summed E-state index contributed by atoms with van der Waals surface area (Å²) in [5.41, 5.74) is 6.82. The molecule has 2 nitrogen and oxygen atoms in total. The van der Waals surface area contributed by atoms with Gasteiger partial charge in [-0.2, -0.15) is 0 Å². The molecule has 0 saturated carbocycles. The minimum Gasteiger partial charge on any atom is -0.506 e. The molecule has 1 aromatic rings. The molecule has 0 aliphatic heterocycles. The largest absolute Gasteiger partial charge is 0.506 e. The van der Waals surface area contributed by atoms with Crippen LogP contribution in [-0.2, 0) is 0 Å². The Hall–Kier alpha value is 0.230. The molecule has 5 heteroatoms. The third-order valence-corrected chi connectivity index (χ3v) is 3.24. The molecule has 0 aliphatic rings. The highest BCUT2D eigenvalue weighted by Gasteiger charge is 2.15. The van der Waals surface area contributed by atoms with Crippen LogP contribution in [0.25, 0.3) is 0 Å². The first-order chi connectivity index (χ1) is 6.91. The fraction of sp³-hybridized carbons (Fsp3) is 0.455. The maximum absolute atomic E-state index is 9.86. The number of aromatic hydroxyl groups is 1.